The van der Waals surface area contributed by atoms with E-state index < -0.39 is 5.82 Å². The molecular weight excluding hydrogens is 261 g/mol. The summed E-state index contributed by atoms with van der Waals surface area (Å²) in [4.78, 5) is 15.7. The normalized spacial score (nSPS) is 10.1. The number of carbonyl (C=O) groups is 1. The van der Waals surface area contributed by atoms with E-state index in [1.807, 2.05) is 0 Å². The molecule has 0 aliphatic carbocycles. The Morgan fingerprint density at radius 2 is 2.20 bits per heavy atom. The van der Waals surface area contributed by atoms with E-state index in [-0.39, 0.29) is 17.5 Å². The number of nitrogens with zero attached hydrogens (tertiary/aromatic N) is 1. The molecule has 0 saturated carbocycles. The molecule has 2 rings (SSSR count). The Kier molecular flexibility index (Phi) is 4.14. The van der Waals surface area contributed by atoms with E-state index in [9.17, 15) is 9.18 Å². The van der Waals surface area contributed by atoms with Crippen molar-refractivity contribution in [2.24, 2.45) is 0 Å². The van der Waals surface area contributed by atoms with E-state index in [0.29, 0.717) is 17.9 Å². The Morgan fingerprint density at radius 3 is 2.85 bits per heavy atom. The first kappa shape index (κ1) is 13.8. The van der Waals surface area contributed by atoms with Crippen LogP contribution in [-0.4, -0.2) is 17.5 Å². The van der Waals surface area contributed by atoms with Crippen molar-refractivity contribution >= 4 is 17.4 Å². The molecule has 20 heavy (non-hydrogen) atoms. The standard InChI is InChI=1S/C14H14FN3O2/c1-2-20-12-4-3-10(8-11(12)15)18-14(19)9-5-6-17-13(16)7-9/h3-8H,2H2,1H3,(H2,16,17)(H,18,19). The molecule has 1 aromatic carbocycles. The van der Waals surface area contributed by atoms with E-state index in [1.165, 1.54) is 30.5 Å². The maximum atomic E-state index is 13.6. The number of hydrogen-bond acceptors (Lipinski definition) is 4. The van der Waals surface area contributed by atoms with Gasteiger partial charge in [0.05, 0.1) is 6.61 Å². The Bertz CT molecular complexity index is 632. The summed E-state index contributed by atoms with van der Waals surface area (Å²) in [5.41, 5.74) is 6.19. The Morgan fingerprint density at radius 1 is 1.40 bits per heavy atom. The fraction of sp³-hybridized carbons (Fsp3) is 0.143. The number of nitrogen functional groups attached to an aromatic ring is 1. The van der Waals surface area contributed by atoms with Gasteiger partial charge in [0.25, 0.3) is 5.91 Å². The fourth-order valence-corrected chi connectivity index (χ4v) is 1.64. The fourth-order valence-electron chi connectivity index (χ4n) is 1.64. The maximum absolute atomic E-state index is 13.6. The van der Waals surface area contributed by atoms with Crippen LogP contribution in [0.1, 0.15) is 17.3 Å². The summed E-state index contributed by atoms with van der Waals surface area (Å²) < 4.78 is 18.7. The van der Waals surface area contributed by atoms with Crippen LogP contribution in [0.3, 0.4) is 0 Å². The number of ether oxygens (including phenoxy) is 1. The number of benzene rings is 1. The molecule has 1 amide bonds. The maximum Gasteiger partial charge on any atom is 0.255 e. The van der Waals surface area contributed by atoms with Crippen molar-refractivity contribution in [2.75, 3.05) is 17.7 Å². The minimum Gasteiger partial charge on any atom is -0.491 e. The van der Waals surface area contributed by atoms with Crippen molar-refractivity contribution in [3.63, 3.8) is 0 Å². The molecule has 6 heteroatoms. The van der Waals surface area contributed by atoms with Crippen molar-refractivity contribution in [1.82, 2.24) is 4.98 Å². The second-order valence-electron chi connectivity index (χ2n) is 4.00. The van der Waals surface area contributed by atoms with Crippen molar-refractivity contribution in [2.45, 2.75) is 6.92 Å². The molecule has 0 aliphatic heterocycles. The van der Waals surface area contributed by atoms with Crippen LogP contribution >= 0.6 is 0 Å². The van der Waals surface area contributed by atoms with Gasteiger partial charge in [0, 0.05) is 23.5 Å². The minimum atomic E-state index is -0.529. The number of aromatic nitrogens is 1. The highest BCUT2D eigenvalue weighted by atomic mass is 19.1. The third-order valence-electron chi connectivity index (χ3n) is 2.53. The van der Waals surface area contributed by atoms with Gasteiger partial charge in [0.1, 0.15) is 5.82 Å². The summed E-state index contributed by atoms with van der Waals surface area (Å²) in [7, 11) is 0. The predicted molar refractivity (Wildman–Crippen MR) is 74.2 cm³/mol. The smallest absolute Gasteiger partial charge is 0.255 e. The number of pyridine rings is 1. The van der Waals surface area contributed by atoms with Gasteiger partial charge in [-0.25, -0.2) is 9.37 Å². The lowest BCUT2D eigenvalue weighted by molar-refractivity contribution is 0.102. The van der Waals surface area contributed by atoms with Crippen LogP contribution in [0.2, 0.25) is 0 Å². The van der Waals surface area contributed by atoms with Crippen LogP contribution in [0.15, 0.2) is 36.5 Å². The van der Waals surface area contributed by atoms with E-state index >= 15 is 0 Å². The highest BCUT2D eigenvalue weighted by Crippen LogP contribution is 2.21. The van der Waals surface area contributed by atoms with Crippen molar-refractivity contribution in [3.05, 3.63) is 47.9 Å². The highest BCUT2D eigenvalue weighted by Gasteiger charge is 2.09. The lowest BCUT2D eigenvalue weighted by Crippen LogP contribution is -2.12. The molecule has 0 fully saturated rings. The molecule has 0 atom stereocenters. The number of carbonyl (C=O) groups excluding carboxylic acids is 1. The molecule has 1 heterocycles. The lowest BCUT2D eigenvalue weighted by Gasteiger charge is -2.08. The van der Waals surface area contributed by atoms with Crippen LogP contribution in [-0.2, 0) is 0 Å². The Labute approximate surface area is 115 Å². The van der Waals surface area contributed by atoms with Crippen molar-refractivity contribution in [3.8, 4) is 5.75 Å². The summed E-state index contributed by atoms with van der Waals surface area (Å²) in [6, 6.07) is 7.20. The molecule has 0 bridgehead atoms. The monoisotopic (exact) mass is 275 g/mol. The van der Waals surface area contributed by atoms with Gasteiger partial charge in [-0.15, -0.1) is 0 Å². The number of nitrogens with two attached hydrogens (primary N) is 1. The van der Waals surface area contributed by atoms with Gasteiger partial charge in [-0.2, -0.15) is 0 Å². The zero-order chi connectivity index (χ0) is 14.5. The number of hydrogen-bond donors (Lipinski definition) is 2. The molecule has 0 radical (unpaired) electrons. The van der Waals surface area contributed by atoms with Crippen LogP contribution in [0.25, 0.3) is 0 Å². The molecule has 104 valence electrons. The second kappa shape index (κ2) is 6.01. The van der Waals surface area contributed by atoms with Crippen molar-refractivity contribution < 1.29 is 13.9 Å². The molecule has 0 unspecified atom stereocenters. The average molecular weight is 275 g/mol. The third kappa shape index (κ3) is 3.23. The van der Waals surface area contributed by atoms with E-state index in [4.69, 9.17) is 10.5 Å². The van der Waals surface area contributed by atoms with E-state index in [1.54, 1.807) is 13.0 Å². The van der Waals surface area contributed by atoms with Gasteiger partial charge >= 0.3 is 0 Å². The van der Waals surface area contributed by atoms with Crippen LogP contribution in [0.5, 0.6) is 5.75 Å². The Balaban J connectivity index is 2.14. The zero-order valence-corrected chi connectivity index (χ0v) is 10.9. The third-order valence-corrected chi connectivity index (χ3v) is 2.53. The van der Waals surface area contributed by atoms with Gasteiger partial charge in [-0.05, 0) is 31.2 Å². The summed E-state index contributed by atoms with van der Waals surface area (Å²) in [6.07, 6.45) is 1.43. The SMILES string of the molecule is CCOc1ccc(NC(=O)c2ccnc(N)c2)cc1F. The highest BCUT2D eigenvalue weighted by molar-refractivity contribution is 6.04. The number of rotatable bonds is 4. The van der Waals surface area contributed by atoms with Crippen LogP contribution < -0.4 is 15.8 Å². The van der Waals surface area contributed by atoms with Crippen molar-refractivity contribution in [1.29, 1.82) is 0 Å². The molecule has 0 aliphatic rings. The quantitative estimate of drug-likeness (QED) is 0.898. The van der Waals surface area contributed by atoms with Gasteiger partial charge in [-0.3, -0.25) is 4.79 Å². The van der Waals surface area contributed by atoms with Gasteiger partial charge in [0.2, 0.25) is 0 Å². The molecule has 5 nitrogen and oxygen atoms in total. The second-order valence-corrected chi connectivity index (χ2v) is 4.00. The molecule has 3 N–H and O–H groups in total. The van der Waals surface area contributed by atoms with E-state index in [0.717, 1.165) is 0 Å². The van der Waals surface area contributed by atoms with Crippen LogP contribution in [0.4, 0.5) is 15.9 Å². The summed E-state index contributed by atoms with van der Waals surface area (Å²) >= 11 is 0. The Hall–Kier alpha value is -2.63. The van der Waals surface area contributed by atoms with E-state index in [2.05, 4.69) is 10.3 Å². The largest absolute Gasteiger partial charge is 0.491 e. The molecule has 1 aromatic heterocycles. The lowest BCUT2D eigenvalue weighted by atomic mass is 10.2. The summed E-state index contributed by atoms with van der Waals surface area (Å²) in [5.74, 6) is -0.518. The summed E-state index contributed by atoms with van der Waals surface area (Å²) in [6.45, 7) is 2.14. The summed E-state index contributed by atoms with van der Waals surface area (Å²) in [5, 5.41) is 2.58. The van der Waals surface area contributed by atoms with Crippen LogP contribution in [0, 0.1) is 5.82 Å². The molecular formula is C14H14FN3O2. The molecule has 2 aromatic rings. The average Bonchev–Trinajstić information content (AvgIpc) is 2.42. The minimum absolute atomic E-state index is 0.152. The zero-order valence-electron chi connectivity index (χ0n) is 10.9. The van der Waals surface area contributed by atoms with Gasteiger partial charge in [-0.1, -0.05) is 0 Å². The first-order valence-corrected chi connectivity index (χ1v) is 6.05. The number of nitrogens with one attached hydrogen (secondary N) is 1. The predicted octanol–water partition coefficient (Wildman–Crippen LogP) is 2.45. The number of amides is 1. The number of anilines is 2. The molecule has 0 saturated heterocycles. The van der Waals surface area contributed by atoms with Gasteiger partial charge in [0.15, 0.2) is 11.6 Å². The topological polar surface area (TPSA) is 77.2 Å². The van der Waals surface area contributed by atoms with Gasteiger partial charge < -0.3 is 15.8 Å². The first-order chi connectivity index (χ1) is 9.60. The number of halogens is 1. The molecule has 0 spiro atoms. The first-order valence-electron chi connectivity index (χ1n) is 6.05.